The van der Waals surface area contributed by atoms with E-state index in [1.54, 1.807) is 0 Å². The molecule has 3 N–H and O–H groups in total. The Morgan fingerprint density at radius 1 is 1.40 bits per heavy atom. The van der Waals surface area contributed by atoms with Crippen molar-refractivity contribution in [3.8, 4) is 0 Å². The lowest BCUT2D eigenvalue weighted by Gasteiger charge is -2.27. The van der Waals surface area contributed by atoms with Gasteiger partial charge in [0.05, 0.1) is 0 Å². The van der Waals surface area contributed by atoms with Crippen LogP contribution in [0.15, 0.2) is 18.2 Å². The van der Waals surface area contributed by atoms with Gasteiger partial charge in [0.1, 0.15) is 0 Å². The largest absolute Gasteiger partial charge is 0.324 e. The SMILES string of the molecule is Cc1ccc(C2CNCC2(C)N)c(C)c1. The minimum Gasteiger partial charge on any atom is -0.324 e. The summed E-state index contributed by atoms with van der Waals surface area (Å²) in [6.07, 6.45) is 0. The lowest BCUT2D eigenvalue weighted by Crippen LogP contribution is -2.43. The van der Waals surface area contributed by atoms with Gasteiger partial charge in [-0.1, -0.05) is 23.8 Å². The molecule has 1 heterocycles. The standard InChI is InChI=1S/C13H20N2/c1-9-4-5-11(10(2)6-9)12-7-15-8-13(12,3)14/h4-6,12,15H,7-8,14H2,1-3H3. The maximum Gasteiger partial charge on any atom is 0.0334 e. The van der Waals surface area contributed by atoms with Crippen molar-refractivity contribution in [1.82, 2.24) is 5.32 Å². The zero-order chi connectivity index (χ0) is 11.1. The third-order valence-corrected chi connectivity index (χ3v) is 3.45. The molecule has 0 amide bonds. The van der Waals surface area contributed by atoms with Crippen molar-refractivity contribution < 1.29 is 0 Å². The van der Waals surface area contributed by atoms with Crippen LogP contribution >= 0.6 is 0 Å². The molecule has 0 spiro atoms. The second-order valence-corrected chi connectivity index (χ2v) is 5.05. The summed E-state index contributed by atoms with van der Waals surface area (Å²) < 4.78 is 0. The quantitative estimate of drug-likeness (QED) is 0.731. The molecular formula is C13H20N2. The van der Waals surface area contributed by atoms with Crippen LogP contribution in [0.3, 0.4) is 0 Å². The van der Waals surface area contributed by atoms with Gasteiger partial charge < -0.3 is 11.1 Å². The van der Waals surface area contributed by atoms with Crippen LogP contribution < -0.4 is 11.1 Å². The molecular weight excluding hydrogens is 184 g/mol. The van der Waals surface area contributed by atoms with E-state index in [1.807, 2.05) is 0 Å². The molecule has 2 heteroatoms. The molecule has 2 rings (SSSR count). The van der Waals surface area contributed by atoms with Crippen LogP contribution in [0.1, 0.15) is 29.5 Å². The second-order valence-electron chi connectivity index (χ2n) is 5.05. The van der Waals surface area contributed by atoms with E-state index in [0.29, 0.717) is 5.92 Å². The first kappa shape index (κ1) is 10.7. The number of nitrogens with one attached hydrogen (secondary N) is 1. The highest BCUT2D eigenvalue weighted by atomic mass is 15.0. The molecule has 1 aromatic carbocycles. The van der Waals surface area contributed by atoms with Gasteiger partial charge in [0.15, 0.2) is 0 Å². The highest BCUT2D eigenvalue weighted by Crippen LogP contribution is 2.31. The van der Waals surface area contributed by atoms with Gasteiger partial charge in [-0.15, -0.1) is 0 Å². The Kier molecular flexibility index (Phi) is 2.57. The topological polar surface area (TPSA) is 38.0 Å². The zero-order valence-corrected chi connectivity index (χ0v) is 9.80. The highest BCUT2D eigenvalue weighted by molar-refractivity contribution is 5.36. The van der Waals surface area contributed by atoms with Gasteiger partial charge in [-0.25, -0.2) is 0 Å². The monoisotopic (exact) mass is 204 g/mol. The van der Waals surface area contributed by atoms with Crippen LogP contribution in [0.4, 0.5) is 0 Å². The minimum atomic E-state index is -0.111. The average molecular weight is 204 g/mol. The van der Waals surface area contributed by atoms with Crippen LogP contribution in [0.5, 0.6) is 0 Å². The normalized spacial score (nSPS) is 30.8. The van der Waals surface area contributed by atoms with Gasteiger partial charge in [-0.3, -0.25) is 0 Å². The summed E-state index contributed by atoms with van der Waals surface area (Å²) in [6, 6.07) is 6.65. The number of benzene rings is 1. The molecule has 1 fully saturated rings. The van der Waals surface area contributed by atoms with Crippen molar-refractivity contribution in [3.05, 3.63) is 34.9 Å². The number of aryl methyl sites for hydroxylation is 2. The van der Waals surface area contributed by atoms with E-state index < -0.39 is 0 Å². The lowest BCUT2D eigenvalue weighted by atomic mass is 9.82. The van der Waals surface area contributed by atoms with Crippen molar-refractivity contribution >= 4 is 0 Å². The van der Waals surface area contributed by atoms with Gasteiger partial charge in [-0.2, -0.15) is 0 Å². The van der Waals surface area contributed by atoms with E-state index in [-0.39, 0.29) is 5.54 Å². The Hall–Kier alpha value is -0.860. The predicted molar refractivity (Wildman–Crippen MR) is 64.1 cm³/mol. The third-order valence-electron chi connectivity index (χ3n) is 3.45. The molecule has 0 radical (unpaired) electrons. The fourth-order valence-electron chi connectivity index (χ4n) is 2.52. The van der Waals surface area contributed by atoms with Gasteiger partial charge in [-0.05, 0) is 31.9 Å². The van der Waals surface area contributed by atoms with Crippen molar-refractivity contribution in [2.24, 2.45) is 5.73 Å². The second kappa shape index (κ2) is 3.62. The maximum atomic E-state index is 6.30. The molecule has 2 unspecified atom stereocenters. The first-order valence-electron chi connectivity index (χ1n) is 5.57. The van der Waals surface area contributed by atoms with E-state index in [0.717, 1.165) is 13.1 Å². The smallest absolute Gasteiger partial charge is 0.0334 e. The lowest BCUT2D eigenvalue weighted by molar-refractivity contribution is 0.461. The van der Waals surface area contributed by atoms with Gasteiger partial charge in [0.25, 0.3) is 0 Å². The minimum absolute atomic E-state index is 0.111. The molecule has 0 aromatic heterocycles. The Balaban J connectivity index is 2.37. The number of nitrogens with two attached hydrogens (primary N) is 1. The van der Waals surface area contributed by atoms with E-state index in [1.165, 1.54) is 16.7 Å². The molecule has 1 aromatic rings. The first-order chi connectivity index (χ1) is 7.00. The Morgan fingerprint density at radius 3 is 2.67 bits per heavy atom. The molecule has 0 saturated carbocycles. The average Bonchev–Trinajstić information content (AvgIpc) is 2.46. The summed E-state index contributed by atoms with van der Waals surface area (Å²) in [5, 5.41) is 3.38. The van der Waals surface area contributed by atoms with E-state index >= 15 is 0 Å². The molecule has 15 heavy (non-hydrogen) atoms. The van der Waals surface area contributed by atoms with Crippen molar-refractivity contribution in [1.29, 1.82) is 0 Å². The fourth-order valence-corrected chi connectivity index (χ4v) is 2.52. The molecule has 1 saturated heterocycles. The van der Waals surface area contributed by atoms with Crippen molar-refractivity contribution in [3.63, 3.8) is 0 Å². The Bertz CT molecular complexity index is 369. The third kappa shape index (κ3) is 1.92. The van der Waals surface area contributed by atoms with Crippen LogP contribution in [0.2, 0.25) is 0 Å². The first-order valence-corrected chi connectivity index (χ1v) is 5.57. The molecule has 1 aliphatic heterocycles. The maximum absolute atomic E-state index is 6.30. The van der Waals surface area contributed by atoms with Crippen molar-refractivity contribution in [2.75, 3.05) is 13.1 Å². The molecule has 1 aliphatic rings. The molecule has 2 nitrogen and oxygen atoms in total. The number of rotatable bonds is 1. The van der Waals surface area contributed by atoms with E-state index in [9.17, 15) is 0 Å². The summed E-state index contributed by atoms with van der Waals surface area (Å²) in [6.45, 7) is 8.35. The Morgan fingerprint density at radius 2 is 2.13 bits per heavy atom. The highest BCUT2D eigenvalue weighted by Gasteiger charge is 2.36. The van der Waals surface area contributed by atoms with Gasteiger partial charge in [0.2, 0.25) is 0 Å². The van der Waals surface area contributed by atoms with Crippen LogP contribution in [-0.2, 0) is 0 Å². The van der Waals surface area contributed by atoms with E-state index in [4.69, 9.17) is 5.73 Å². The summed E-state index contributed by atoms with van der Waals surface area (Å²) >= 11 is 0. The molecule has 2 atom stereocenters. The summed E-state index contributed by atoms with van der Waals surface area (Å²) in [4.78, 5) is 0. The summed E-state index contributed by atoms with van der Waals surface area (Å²) in [5.41, 5.74) is 10.3. The van der Waals surface area contributed by atoms with Crippen molar-refractivity contribution in [2.45, 2.75) is 32.2 Å². The van der Waals surface area contributed by atoms with Gasteiger partial charge in [0, 0.05) is 24.5 Å². The summed E-state index contributed by atoms with van der Waals surface area (Å²) in [7, 11) is 0. The van der Waals surface area contributed by atoms with Gasteiger partial charge >= 0.3 is 0 Å². The number of hydrogen-bond acceptors (Lipinski definition) is 2. The number of hydrogen-bond donors (Lipinski definition) is 2. The van der Waals surface area contributed by atoms with Crippen LogP contribution in [0.25, 0.3) is 0 Å². The molecule has 0 aliphatic carbocycles. The van der Waals surface area contributed by atoms with E-state index in [2.05, 4.69) is 44.3 Å². The fraction of sp³-hybridized carbons (Fsp3) is 0.538. The molecule has 82 valence electrons. The summed E-state index contributed by atoms with van der Waals surface area (Å²) in [5.74, 6) is 0.443. The van der Waals surface area contributed by atoms with Crippen LogP contribution in [-0.4, -0.2) is 18.6 Å². The predicted octanol–water partition coefficient (Wildman–Crippen LogP) is 1.71. The Labute approximate surface area is 91.9 Å². The molecule has 0 bridgehead atoms. The van der Waals surface area contributed by atoms with Crippen LogP contribution in [0, 0.1) is 13.8 Å². The zero-order valence-electron chi connectivity index (χ0n) is 9.80.